The normalized spacial score (nSPS) is 21.7. The summed E-state index contributed by atoms with van der Waals surface area (Å²) < 4.78 is 27.3. The highest BCUT2D eigenvalue weighted by Crippen LogP contribution is 2.27. The topological polar surface area (TPSA) is 95.0 Å². The Balaban J connectivity index is 2.24. The molecule has 0 aromatic heterocycles. The standard InChI is InChI=1S/C19H28N2O5S/c1-13-10-14(2)12-21(11-13)27(25,26)16-8-6-15(7-9-16)17(22)20(5)19(3,4)18(23)24/h6-9,13-14H,10-12H2,1-5H3,(H,23,24). The van der Waals surface area contributed by atoms with E-state index in [4.69, 9.17) is 0 Å². The van der Waals surface area contributed by atoms with Crippen LogP contribution in [-0.4, -0.2) is 60.3 Å². The molecule has 0 bridgehead atoms. The van der Waals surface area contributed by atoms with Gasteiger partial charge in [-0.25, -0.2) is 13.2 Å². The van der Waals surface area contributed by atoms with Crippen molar-refractivity contribution in [1.29, 1.82) is 0 Å². The van der Waals surface area contributed by atoms with E-state index in [1.165, 1.54) is 49.5 Å². The minimum absolute atomic E-state index is 0.139. The predicted molar refractivity (Wildman–Crippen MR) is 102 cm³/mol. The maximum Gasteiger partial charge on any atom is 0.329 e. The van der Waals surface area contributed by atoms with Crippen molar-refractivity contribution >= 4 is 21.9 Å². The number of rotatable bonds is 5. The number of carboxylic acid groups (broad SMARTS) is 1. The highest BCUT2D eigenvalue weighted by Gasteiger charge is 2.36. The maximum absolute atomic E-state index is 12.9. The molecule has 0 aliphatic carbocycles. The molecule has 1 saturated heterocycles. The summed E-state index contributed by atoms with van der Waals surface area (Å²) in [6.07, 6.45) is 1.01. The van der Waals surface area contributed by atoms with Gasteiger partial charge in [0, 0.05) is 25.7 Å². The number of hydrogen-bond acceptors (Lipinski definition) is 4. The van der Waals surface area contributed by atoms with Crippen LogP contribution in [0.1, 0.15) is 44.5 Å². The van der Waals surface area contributed by atoms with Crippen LogP contribution < -0.4 is 0 Å². The minimum Gasteiger partial charge on any atom is -0.480 e. The molecule has 27 heavy (non-hydrogen) atoms. The van der Waals surface area contributed by atoms with Gasteiger partial charge in [0.1, 0.15) is 5.54 Å². The van der Waals surface area contributed by atoms with Crippen LogP contribution in [0.4, 0.5) is 0 Å². The lowest BCUT2D eigenvalue weighted by atomic mass is 9.94. The highest BCUT2D eigenvalue weighted by atomic mass is 32.2. The third kappa shape index (κ3) is 4.32. The molecule has 1 amide bonds. The van der Waals surface area contributed by atoms with Crippen LogP contribution in [0.3, 0.4) is 0 Å². The summed E-state index contributed by atoms with van der Waals surface area (Å²) in [4.78, 5) is 25.2. The van der Waals surface area contributed by atoms with Gasteiger partial charge in [0.15, 0.2) is 0 Å². The number of piperidine rings is 1. The lowest BCUT2D eigenvalue weighted by Crippen LogP contribution is -2.50. The van der Waals surface area contributed by atoms with E-state index < -0.39 is 27.4 Å². The second-order valence-electron chi connectivity index (χ2n) is 8.02. The lowest BCUT2D eigenvalue weighted by Gasteiger charge is -2.34. The van der Waals surface area contributed by atoms with Crippen LogP contribution in [0.2, 0.25) is 0 Å². The maximum atomic E-state index is 12.9. The molecule has 1 N–H and O–H groups in total. The van der Waals surface area contributed by atoms with Crippen molar-refractivity contribution in [3.8, 4) is 0 Å². The van der Waals surface area contributed by atoms with Crippen LogP contribution in [-0.2, 0) is 14.8 Å². The molecule has 150 valence electrons. The molecule has 0 spiro atoms. The summed E-state index contributed by atoms with van der Waals surface area (Å²) >= 11 is 0. The molecule has 0 radical (unpaired) electrons. The van der Waals surface area contributed by atoms with Crippen LogP contribution in [0.5, 0.6) is 0 Å². The average Bonchev–Trinajstić information content (AvgIpc) is 2.59. The van der Waals surface area contributed by atoms with Crippen molar-refractivity contribution in [2.24, 2.45) is 11.8 Å². The molecule has 2 unspecified atom stereocenters. The zero-order chi connectivity index (χ0) is 20.6. The molecule has 2 atom stereocenters. The van der Waals surface area contributed by atoms with Gasteiger partial charge < -0.3 is 10.0 Å². The van der Waals surface area contributed by atoms with Crippen LogP contribution in [0, 0.1) is 11.8 Å². The number of sulfonamides is 1. The third-order valence-corrected chi connectivity index (χ3v) is 7.09. The summed E-state index contributed by atoms with van der Waals surface area (Å²) in [5.41, 5.74) is -1.13. The van der Waals surface area contributed by atoms with E-state index in [0.717, 1.165) is 11.3 Å². The van der Waals surface area contributed by atoms with Crippen molar-refractivity contribution in [2.75, 3.05) is 20.1 Å². The SMILES string of the molecule is CC1CC(C)CN(S(=O)(=O)c2ccc(C(=O)N(C)C(C)(C)C(=O)O)cc2)C1. The number of carboxylic acids is 1. The Kier molecular flexibility index (Phi) is 6.01. The highest BCUT2D eigenvalue weighted by molar-refractivity contribution is 7.89. The van der Waals surface area contributed by atoms with Crippen molar-refractivity contribution in [1.82, 2.24) is 9.21 Å². The smallest absolute Gasteiger partial charge is 0.329 e. The quantitative estimate of drug-likeness (QED) is 0.824. The number of carbonyl (C=O) groups is 2. The van der Waals surface area contributed by atoms with E-state index in [9.17, 15) is 23.1 Å². The number of amides is 1. The van der Waals surface area contributed by atoms with Crippen molar-refractivity contribution in [3.63, 3.8) is 0 Å². The Morgan fingerprint density at radius 2 is 1.59 bits per heavy atom. The molecule has 1 aromatic carbocycles. The number of carbonyl (C=O) groups excluding carboxylic acids is 1. The first kappa shape index (κ1) is 21.4. The Hall–Kier alpha value is -1.93. The molecule has 8 heteroatoms. The van der Waals surface area contributed by atoms with E-state index in [-0.39, 0.29) is 10.5 Å². The lowest BCUT2D eigenvalue weighted by molar-refractivity contribution is -0.147. The number of benzene rings is 1. The van der Waals surface area contributed by atoms with Crippen molar-refractivity contribution < 1.29 is 23.1 Å². The summed E-state index contributed by atoms with van der Waals surface area (Å²) in [6, 6.07) is 5.68. The molecule has 0 saturated carbocycles. The molecule has 1 aliphatic heterocycles. The summed E-state index contributed by atoms with van der Waals surface area (Å²) in [6.45, 7) is 7.93. The summed E-state index contributed by atoms with van der Waals surface area (Å²) in [5, 5.41) is 9.27. The van der Waals surface area contributed by atoms with Gasteiger partial charge in [0.2, 0.25) is 10.0 Å². The molecular weight excluding hydrogens is 368 g/mol. The number of likely N-dealkylation sites (N-methyl/N-ethyl adjacent to an activating group) is 1. The molecular formula is C19H28N2O5S. The molecule has 7 nitrogen and oxygen atoms in total. The van der Waals surface area contributed by atoms with Gasteiger partial charge in [-0.05, 0) is 56.4 Å². The van der Waals surface area contributed by atoms with E-state index in [1.807, 2.05) is 13.8 Å². The van der Waals surface area contributed by atoms with E-state index >= 15 is 0 Å². The first-order valence-electron chi connectivity index (χ1n) is 8.99. The number of aliphatic carboxylic acids is 1. The van der Waals surface area contributed by atoms with Crippen molar-refractivity contribution in [3.05, 3.63) is 29.8 Å². The van der Waals surface area contributed by atoms with Gasteiger partial charge in [-0.15, -0.1) is 0 Å². The third-order valence-electron chi connectivity index (χ3n) is 5.24. The Morgan fingerprint density at radius 3 is 2.04 bits per heavy atom. The second-order valence-corrected chi connectivity index (χ2v) is 9.96. The zero-order valence-corrected chi connectivity index (χ0v) is 17.3. The van der Waals surface area contributed by atoms with E-state index in [2.05, 4.69) is 0 Å². The van der Waals surface area contributed by atoms with Gasteiger partial charge in [0.05, 0.1) is 4.90 Å². The fourth-order valence-electron chi connectivity index (χ4n) is 3.31. The second kappa shape index (κ2) is 7.59. The van der Waals surface area contributed by atoms with Gasteiger partial charge in [0.25, 0.3) is 5.91 Å². The molecule has 1 aromatic rings. The number of nitrogens with zero attached hydrogens (tertiary/aromatic N) is 2. The summed E-state index contributed by atoms with van der Waals surface area (Å²) in [7, 11) is -2.20. The first-order valence-corrected chi connectivity index (χ1v) is 10.4. The van der Waals surface area contributed by atoms with E-state index in [1.54, 1.807) is 0 Å². The fraction of sp³-hybridized carbons (Fsp3) is 0.579. The Bertz CT molecular complexity index is 807. The predicted octanol–water partition coefficient (Wildman–Crippen LogP) is 2.29. The first-order chi connectivity index (χ1) is 12.4. The molecule has 1 heterocycles. The van der Waals surface area contributed by atoms with Gasteiger partial charge in [-0.2, -0.15) is 4.31 Å². The van der Waals surface area contributed by atoms with Gasteiger partial charge >= 0.3 is 5.97 Å². The van der Waals surface area contributed by atoms with Gasteiger partial charge in [-0.3, -0.25) is 4.79 Å². The zero-order valence-electron chi connectivity index (χ0n) is 16.5. The largest absolute Gasteiger partial charge is 0.480 e. The van der Waals surface area contributed by atoms with Gasteiger partial charge in [-0.1, -0.05) is 13.8 Å². The number of hydrogen-bond donors (Lipinski definition) is 1. The van der Waals surface area contributed by atoms with Crippen LogP contribution in [0.15, 0.2) is 29.2 Å². The molecule has 1 fully saturated rings. The monoisotopic (exact) mass is 396 g/mol. The minimum atomic E-state index is -3.62. The summed E-state index contributed by atoms with van der Waals surface area (Å²) in [5.74, 6) is -0.995. The molecule has 1 aliphatic rings. The van der Waals surface area contributed by atoms with Crippen LogP contribution >= 0.6 is 0 Å². The average molecular weight is 397 g/mol. The van der Waals surface area contributed by atoms with Crippen molar-refractivity contribution in [2.45, 2.75) is 44.6 Å². The van der Waals surface area contributed by atoms with E-state index in [0.29, 0.717) is 24.9 Å². The Morgan fingerprint density at radius 1 is 1.11 bits per heavy atom. The fourth-order valence-corrected chi connectivity index (χ4v) is 4.99. The Labute approximate surface area is 161 Å². The molecule has 2 rings (SSSR count). The van der Waals surface area contributed by atoms with Crippen LogP contribution in [0.25, 0.3) is 0 Å².